The number of hydrogen-bond donors (Lipinski definition) is 2. The molecule has 268 valence electrons. The first-order valence-electron chi connectivity index (χ1n) is 17.9. The van der Waals surface area contributed by atoms with Crippen LogP contribution in [0.3, 0.4) is 0 Å². The number of anilines is 2. The lowest BCUT2D eigenvalue weighted by molar-refractivity contribution is -0.384. The number of hydrazine groups is 1. The van der Waals surface area contributed by atoms with Gasteiger partial charge in [0.1, 0.15) is 5.75 Å². The third-order valence-corrected chi connectivity index (χ3v) is 11.9. The van der Waals surface area contributed by atoms with Crippen molar-refractivity contribution in [1.82, 2.24) is 5.01 Å². The van der Waals surface area contributed by atoms with Crippen LogP contribution in [0.15, 0.2) is 127 Å². The molecule has 0 radical (unpaired) electrons. The summed E-state index contributed by atoms with van der Waals surface area (Å²) in [4.78, 5) is 71.0. The Labute approximate surface area is 309 Å². The molecule has 4 amide bonds. The van der Waals surface area contributed by atoms with E-state index in [2.05, 4.69) is 5.43 Å². The number of aryl methyl sites for hydroxylation is 1. The molecule has 9 rings (SSSR count). The maximum Gasteiger partial charge on any atom is 0.269 e. The lowest BCUT2D eigenvalue weighted by Crippen LogP contribution is -2.53. The van der Waals surface area contributed by atoms with Crippen LogP contribution in [0, 0.1) is 40.7 Å². The monoisotopic (exact) mass is 718 g/mol. The molecule has 2 aliphatic carbocycles. The Morgan fingerprint density at radius 1 is 0.796 bits per heavy atom. The number of fused-ring (bicyclic) bond motifs is 5. The second-order valence-electron chi connectivity index (χ2n) is 14.6. The number of nitro benzene ring substituents is 1. The number of carbonyl (C=O) groups excluding carboxylic acids is 4. The fourth-order valence-corrected chi connectivity index (χ4v) is 9.63. The molecular formula is C43H34N4O7. The molecule has 3 fully saturated rings. The van der Waals surface area contributed by atoms with Crippen LogP contribution in [0.2, 0.25) is 0 Å². The van der Waals surface area contributed by atoms with Crippen molar-refractivity contribution in [3.63, 3.8) is 0 Å². The number of allylic oxidation sites excluding steroid dienone is 2. The minimum atomic E-state index is -1.55. The van der Waals surface area contributed by atoms with Crippen molar-refractivity contribution in [2.75, 3.05) is 10.3 Å². The highest BCUT2D eigenvalue weighted by Crippen LogP contribution is 2.65. The van der Waals surface area contributed by atoms with Crippen molar-refractivity contribution in [2.45, 2.75) is 31.1 Å². The smallest absolute Gasteiger partial charge is 0.269 e. The molecule has 2 saturated heterocycles. The summed E-state index contributed by atoms with van der Waals surface area (Å²) in [6.45, 7) is 1.94. The Hall–Kier alpha value is -6.62. The van der Waals surface area contributed by atoms with Gasteiger partial charge in [0.05, 0.1) is 39.5 Å². The summed E-state index contributed by atoms with van der Waals surface area (Å²) in [5.41, 5.74) is 4.94. The quantitative estimate of drug-likeness (QED) is 0.0829. The Kier molecular flexibility index (Phi) is 7.53. The van der Waals surface area contributed by atoms with Crippen molar-refractivity contribution in [3.05, 3.63) is 154 Å². The van der Waals surface area contributed by atoms with Crippen LogP contribution in [-0.4, -0.2) is 38.7 Å². The highest BCUT2D eigenvalue weighted by atomic mass is 16.6. The van der Waals surface area contributed by atoms with Crippen LogP contribution in [0.25, 0.3) is 10.8 Å². The summed E-state index contributed by atoms with van der Waals surface area (Å²) in [5, 5.41) is 25.9. The third kappa shape index (κ3) is 4.67. The van der Waals surface area contributed by atoms with Crippen LogP contribution >= 0.6 is 0 Å². The maximum atomic E-state index is 15.5. The molecule has 2 N–H and O–H groups in total. The van der Waals surface area contributed by atoms with Crippen molar-refractivity contribution < 1.29 is 29.2 Å². The molecule has 5 aromatic rings. The normalized spacial score (nSPS) is 26.0. The number of benzene rings is 5. The summed E-state index contributed by atoms with van der Waals surface area (Å²) >= 11 is 0. The van der Waals surface area contributed by atoms with Gasteiger partial charge in [-0.1, -0.05) is 90.0 Å². The molecule has 0 aromatic heterocycles. The minimum absolute atomic E-state index is 0.0528. The SMILES string of the molecule is Cc1ccc(NN2C(=O)C3CC4C(=CCC5C(=O)N(c6ccc([N+](=O)[O-])cc6)C(=O)C54)C(c4c(O)ccc5ccccc45)C3(c3ccccc3)C2=O)cc1. The molecule has 4 aliphatic rings. The zero-order chi connectivity index (χ0) is 37.5. The lowest BCUT2D eigenvalue weighted by Gasteiger charge is -2.51. The predicted octanol–water partition coefficient (Wildman–Crippen LogP) is 6.95. The highest BCUT2D eigenvalue weighted by molar-refractivity contribution is 6.22. The van der Waals surface area contributed by atoms with Gasteiger partial charge in [-0.15, -0.1) is 0 Å². The van der Waals surface area contributed by atoms with Gasteiger partial charge in [0.15, 0.2) is 0 Å². The van der Waals surface area contributed by atoms with Gasteiger partial charge in [0.25, 0.3) is 17.5 Å². The first kappa shape index (κ1) is 33.2. The van der Waals surface area contributed by atoms with Gasteiger partial charge < -0.3 is 5.11 Å². The van der Waals surface area contributed by atoms with Crippen molar-refractivity contribution in [3.8, 4) is 5.75 Å². The predicted molar refractivity (Wildman–Crippen MR) is 200 cm³/mol. The molecular weight excluding hydrogens is 684 g/mol. The number of amides is 4. The fraction of sp³-hybridized carbons (Fsp3) is 0.209. The molecule has 11 nitrogen and oxygen atoms in total. The molecule has 5 aromatic carbocycles. The number of imide groups is 2. The van der Waals surface area contributed by atoms with Gasteiger partial charge in [0.2, 0.25) is 11.8 Å². The molecule has 2 heterocycles. The van der Waals surface area contributed by atoms with Crippen LogP contribution in [0.4, 0.5) is 17.1 Å². The molecule has 0 bridgehead atoms. The first-order chi connectivity index (χ1) is 26.1. The van der Waals surface area contributed by atoms with Crippen molar-refractivity contribution in [2.24, 2.45) is 23.7 Å². The van der Waals surface area contributed by atoms with Crippen LogP contribution in [0.5, 0.6) is 5.75 Å². The number of rotatable bonds is 6. The number of hydrogen-bond acceptors (Lipinski definition) is 8. The fourth-order valence-electron chi connectivity index (χ4n) is 9.63. The van der Waals surface area contributed by atoms with Gasteiger partial charge in [-0.2, -0.15) is 5.01 Å². The Balaban J connectivity index is 1.26. The van der Waals surface area contributed by atoms with Gasteiger partial charge in [-0.25, -0.2) is 0 Å². The average Bonchev–Trinajstić information content (AvgIpc) is 3.57. The Morgan fingerprint density at radius 3 is 2.22 bits per heavy atom. The highest BCUT2D eigenvalue weighted by Gasteiger charge is 2.70. The third-order valence-electron chi connectivity index (χ3n) is 11.9. The molecule has 6 atom stereocenters. The number of nitrogens with one attached hydrogen (secondary N) is 1. The minimum Gasteiger partial charge on any atom is -0.508 e. The Morgan fingerprint density at radius 2 is 1.50 bits per heavy atom. The topological polar surface area (TPSA) is 150 Å². The van der Waals surface area contributed by atoms with E-state index >= 15 is 4.79 Å². The number of phenolic OH excluding ortho intramolecular Hbond substituents is 1. The van der Waals surface area contributed by atoms with E-state index in [4.69, 9.17) is 0 Å². The van der Waals surface area contributed by atoms with E-state index in [1.54, 1.807) is 24.3 Å². The second-order valence-corrected chi connectivity index (χ2v) is 14.6. The first-order valence-corrected chi connectivity index (χ1v) is 17.9. The zero-order valence-electron chi connectivity index (χ0n) is 29.1. The van der Waals surface area contributed by atoms with Gasteiger partial charge in [-0.3, -0.25) is 39.6 Å². The van der Waals surface area contributed by atoms with Crippen molar-refractivity contribution >= 4 is 51.5 Å². The number of non-ortho nitro benzene ring substituents is 1. The maximum absolute atomic E-state index is 15.5. The summed E-state index contributed by atoms with van der Waals surface area (Å²) in [6.07, 6.45) is 2.22. The van der Waals surface area contributed by atoms with Crippen LogP contribution in [0.1, 0.15) is 35.4 Å². The molecule has 6 unspecified atom stereocenters. The van der Waals surface area contributed by atoms with E-state index in [0.717, 1.165) is 20.9 Å². The van der Waals surface area contributed by atoms with Crippen molar-refractivity contribution in [1.29, 1.82) is 0 Å². The summed E-state index contributed by atoms with van der Waals surface area (Å²) < 4.78 is 0. The number of carbonyl (C=O) groups is 4. The molecule has 0 spiro atoms. The zero-order valence-corrected chi connectivity index (χ0v) is 29.1. The van der Waals surface area contributed by atoms with Gasteiger partial charge in [-0.05, 0) is 72.4 Å². The largest absolute Gasteiger partial charge is 0.508 e. The number of nitro groups is 1. The number of phenols is 1. The Bertz CT molecular complexity index is 2450. The lowest BCUT2D eigenvalue weighted by atomic mass is 9.48. The summed E-state index contributed by atoms with van der Waals surface area (Å²) in [6, 6.07) is 32.8. The average molecular weight is 719 g/mol. The molecule has 11 heteroatoms. The summed E-state index contributed by atoms with van der Waals surface area (Å²) in [7, 11) is 0. The second kappa shape index (κ2) is 12.2. The van der Waals surface area contributed by atoms with Crippen LogP contribution in [-0.2, 0) is 24.6 Å². The van der Waals surface area contributed by atoms with E-state index in [1.165, 1.54) is 24.3 Å². The van der Waals surface area contributed by atoms with E-state index in [9.17, 15) is 29.6 Å². The van der Waals surface area contributed by atoms with E-state index in [1.807, 2.05) is 79.7 Å². The number of nitrogens with zero attached hydrogens (tertiary/aromatic N) is 3. The molecule has 2 aliphatic heterocycles. The van der Waals surface area contributed by atoms with Gasteiger partial charge in [0, 0.05) is 23.6 Å². The number of aromatic hydroxyl groups is 1. The standard InChI is InChI=1S/C43H34N4O7/c1-24-11-14-27(15-12-24)44-46-40(50)34-23-33-31(20-21-32-36(33)41(51)45(39(32)49)28-16-18-29(19-17-28)47(53)54)38(43(34,42(46)52)26-8-3-2-4-9-26)37-30-10-6-5-7-25(30)13-22-35(37)48/h2-20,22,32-34,36,38,44,48H,21,23H2,1H3. The van der Waals surface area contributed by atoms with E-state index < -0.39 is 63.6 Å². The molecule has 1 saturated carbocycles. The van der Waals surface area contributed by atoms with E-state index in [0.29, 0.717) is 27.8 Å². The summed E-state index contributed by atoms with van der Waals surface area (Å²) in [5.74, 6) is -6.07. The van der Waals surface area contributed by atoms with Gasteiger partial charge >= 0.3 is 0 Å². The van der Waals surface area contributed by atoms with E-state index in [-0.39, 0.29) is 30.0 Å². The van der Waals surface area contributed by atoms with Crippen LogP contribution < -0.4 is 10.3 Å². The molecule has 54 heavy (non-hydrogen) atoms.